The third kappa shape index (κ3) is 4.20. The van der Waals surface area contributed by atoms with Crippen LogP contribution in [-0.4, -0.2) is 57.6 Å². The number of benzene rings is 1. The Hall–Kier alpha value is -2.13. The molecule has 0 bridgehead atoms. The highest BCUT2D eigenvalue weighted by Gasteiger charge is 2.28. The van der Waals surface area contributed by atoms with Gasteiger partial charge in [0.05, 0.1) is 25.7 Å². The molecule has 128 valence electrons. The lowest BCUT2D eigenvalue weighted by molar-refractivity contribution is -0.141. The van der Waals surface area contributed by atoms with Crippen molar-refractivity contribution >= 4 is 22.0 Å². The number of carboxylic acid groups (broad SMARTS) is 1. The lowest BCUT2D eigenvalue weighted by Gasteiger charge is -2.20. The maximum Gasteiger partial charge on any atom is 0.337 e. The van der Waals surface area contributed by atoms with Gasteiger partial charge in [0.2, 0.25) is 10.0 Å². The lowest BCUT2D eigenvalue weighted by atomic mass is 10.2. The van der Waals surface area contributed by atoms with E-state index in [0.29, 0.717) is 0 Å². The van der Waals surface area contributed by atoms with Gasteiger partial charge in [-0.15, -0.1) is 0 Å². The first kappa shape index (κ1) is 18.9. The van der Waals surface area contributed by atoms with Crippen LogP contribution < -0.4 is 4.74 Å². The Balaban J connectivity index is 3.30. The summed E-state index contributed by atoms with van der Waals surface area (Å²) < 4.78 is 35.8. The van der Waals surface area contributed by atoms with Crippen molar-refractivity contribution < 1.29 is 32.6 Å². The van der Waals surface area contributed by atoms with Gasteiger partial charge >= 0.3 is 11.9 Å². The molecule has 1 N–H and O–H groups in total. The first-order valence-electron chi connectivity index (χ1n) is 6.60. The molecule has 0 amide bonds. The Labute approximate surface area is 134 Å². The summed E-state index contributed by atoms with van der Waals surface area (Å²) in [5.41, 5.74) is 0.0477. The van der Waals surface area contributed by atoms with Crippen LogP contribution in [0.5, 0.6) is 5.75 Å². The van der Waals surface area contributed by atoms with Crippen molar-refractivity contribution in [3.05, 3.63) is 23.8 Å². The summed E-state index contributed by atoms with van der Waals surface area (Å²) in [4.78, 5) is 22.2. The van der Waals surface area contributed by atoms with Crippen LogP contribution >= 0.6 is 0 Å². The van der Waals surface area contributed by atoms with Gasteiger partial charge in [-0.05, 0) is 18.2 Å². The molecular formula is C14H19NO7S. The second kappa shape index (κ2) is 7.42. The number of hydrogen-bond acceptors (Lipinski definition) is 6. The number of methoxy groups -OCH3 is 2. The summed E-state index contributed by atoms with van der Waals surface area (Å²) in [6, 6.07) is 3.86. The van der Waals surface area contributed by atoms with E-state index in [1.165, 1.54) is 40.3 Å². The Morgan fingerprint density at radius 2 is 1.91 bits per heavy atom. The highest BCUT2D eigenvalue weighted by molar-refractivity contribution is 7.89. The van der Waals surface area contributed by atoms with E-state index < -0.39 is 27.9 Å². The van der Waals surface area contributed by atoms with Gasteiger partial charge in [-0.2, -0.15) is 4.31 Å². The molecule has 0 heterocycles. The minimum absolute atomic E-state index is 0.0477. The van der Waals surface area contributed by atoms with Crippen LogP contribution in [0.4, 0.5) is 0 Å². The number of carboxylic acids is 1. The molecule has 0 fully saturated rings. The summed E-state index contributed by atoms with van der Waals surface area (Å²) in [5.74, 6) is -2.63. The molecule has 8 nitrogen and oxygen atoms in total. The molecule has 0 aliphatic carbocycles. The molecule has 1 unspecified atom stereocenters. The van der Waals surface area contributed by atoms with E-state index in [9.17, 15) is 18.0 Å². The average Bonchev–Trinajstić information content (AvgIpc) is 2.52. The number of nitrogens with zero attached hydrogens (tertiary/aromatic N) is 1. The van der Waals surface area contributed by atoms with E-state index in [1.807, 2.05) is 0 Å². The third-order valence-electron chi connectivity index (χ3n) is 3.23. The fourth-order valence-corrected chi connectivity index (χ4v) is 3.29. The molecular weight excluding hydrogens is 326 g/mol. The second-order valence-electron chi connectivity index (χ2n) is 4.88. The van der Waals surface area contributed by atoms with Crippen LogP contribution in [0.2, 0.25) is 0 Å². The van der Waals surface area contributed by atoms with E-state index >= 15 is 0 Å². The predicted octanol–water partition coefficient (Wildman–Crippen LogP) is 0.823. The van der Waals surface area contributed by atoms with Crippen molar-refractivity contribution in [3.8, 4) is 5.75 Å². The largest absolute Gasteiger partial charge is 0.495 e. The Kier molecular flexibility index (Phi) is 6.11. The van der Waals surface area contributed by atoms with Gasteiger partial charge in [-0.3, -0.25) is 4.79 Å². The van der Waals surface area contributed by atoms with Gasteiger partial charge in [-0.25, -0.2) is 13.2 Å². The smallest absolute Gasteiger partial charge is 0.337 e. The van der Waals surface area contributed by atoms with Crippen LogP contribution in [-0.2, 0) is 19.6 Å². The molecule has 0 saturated heterocycles. The molecule has 0 aromatic heterocycles. The molecule has 0 spiro atoms. The van der Waals surface area contributed by atoms with Gasteiger partial charge in [0.1, 0.15) is 10.6 Å². The number of carbonyl (C=O) groups is 2. The van der Waals surface area contributed by atoms with Crippen molar-refractivity contribution in [2.24, 2.45) is 5.92 Å². The molecule has 0 aliphatic heterocycles. The number of carbonyl (C=O) groups excluding carboxylic acids is 1. The van der Waals surface area contributed by atoms with Gasteiger partial charge in [0.25, 0.3) is 0 Å². The van der Waals surface area contributed by atoms with E-state index in [0.717, 1.165) is 10.4 Å². The van der Waals surface area contributed by atoms with E-state index in [-0.39, 0.29) is 22.8 Å². The quantitative estimate of drug-likeness (QED) is 0.729. The average molecular weight is 345 g/mol. The van der Waals surface area contributed by atoms with Gasteiger partial charge in [0.15, 0.2) is 0 Å². The minimum Gasteiger partial charge on any atom is -0.495 e. The summed E-state index contributed by atoms with van der Waals surface area (Å²) >= 11 is 0. The summed E-state index contributed by atoms with van der Waals surface area (Å²) in [7, 11) is -0.295. The highest BCUT2D eigenvalue weighted by Crippen LogP contribution is 2.28. The SMILES string of the molecule is COC(=O)c1ccc(OC)c(S(=O)(=O)N(C)CC(C)C(=O)O)c1. The first-order chi connectivity index (χ1) is 10.6. The van der Waals surface area contributed by atoms with Crippen LogP contribution in [0.3, 0.4) is 0 Å². The first-order valence-corrected chi connectivity index (χ1v) is 8.04. The molecule has 0 radical (unpaired) electrons. The molecule has 23 heavy (non-hydrogen) atoms. The van der Waals surface area contributed by atoms with Crippen molar-refractivity contribution in [2.75, 3.05) is 27.8 Å². The fraction of sp³-hybridized carbons (Fsp3) is 0.429. The number of sulfonamides is 1. The molecule has 1 rings (SSSR count). The van der Waals surface area contributed by atoms with Crippen molar-refractivity contribution in [2.45, 2.75) is 11.8 Å². The van der Waals surface area contributed by atoms with E-state index in [4.69, 9.17) is 9.84 Å². The standard InChI is InChI=1S/C14H19NO7S/c1-9(13(16)17)8-15(2)23(19,20)12-7-10(14(18)22-4)5-6-11(12)21-3/h5-7,9H,8H2,1-4H3,(H,16,17). The summed E-state index contributed by atoms with van der Waals surface area (Å²) in [5, 5.41) is 8.91. The van der Waals surface area contributed by atoms with Crippen molar-refractivity contribution in [1.29, 1.82) is 0 Å². The Morgan fingerprint density at radius 3 is 2.39 bits per heavy atom. The topological polar surface area (TPSA) is 110 Å². The maximum atomic E-state index is 12.6. The zero-order valence-electron chi connectivity index (χ0n) is 13.3. The molecule has 0 aliphatic rings. The Morgan fingerprint density at radius 1 is 1.30 bits per heavy atom. The van der Waals surface area contributed by atoms with Crippen LogP contribution in [0.15, 0.2) is 23.1 Å². The number of rotatable bonds is 7. The Bertz CT molecular complexity index is 699. The normalized spacial score (nSPS) is 12.7. The molecule has 1 aromatic carbocycles. The highest BCUT2D eigenvalue weighted by atomic mass is 32.2. The lowest BCUT2D eigenvalue weighted by Crippen LogP contribution is -2.34. The van der Waals surface area contributed by atoms with Gasteiger partial charge in [-0.1, -0.05) is 6.92 Å². The van der Waals surface area contributed by atoms with Crippen molar-refractivity contribution in [3.63, 3.8) is 0 Å². The number of esters is 1. The number of hydrogen-bond donors (Lipinski definition) is 1. The van der Waals surface area contributed by atoms with E-state index in [1.54, 1.807) is 0 Å². The second-order valence-corrected chi connectivity index (χ2v) is 6.90. The monoisotopic (exact) mass is 345 g/mol. The van der Waals surface area contributed by atoms with E-state index in [2.05, 4.69) is 4.74 Å². The molecule has 1 aromatic rings. The van der Waals surface area contributed by atoms with Gasteiger partial charge in [0, 0.05) is 13.6 Å². The maximum absolute atomic E-state index is 12.6. The van der Waals surface area contributed by atoms with Gasteiger partial charge < -0.3 is 14.6 Å². The number of ether oxygens (including phenoxy) is 2. The fourth-order valence-electron chi connectivity index (χ4n) is 1.85. The minimum atomic E-state index is -4.04. The van der Waals surface area contributed by atoms with Crippen LogP contribution in [0.25, 0.3) is 0 Å². The number of aliphatic carboxylic acids is 1. The zero-order chi connectivity index (χ0) is 17.8. The molecule has 1 atom stereocenters. The van der Waals surface area contributed by atoms with Crippen LogP contribution in [0.1, 0.15) is 17.3 Å². The third-order valence-corrected chi connectivity index (χ3v) is 5.07. The predicted molar refractivity (Wildman–Crippen MR) is 80.9 cm³/mol. The molecule has 0 saturated carbocycles. The summed E-state index contributed by atoms with van der Waals surface area (Å²) in [6.07, 6.45) is 0. The summed E-state index contributed by atoms with van der Waals surface area (Å²) in [6.45, 7) is 1.18. The van der Waals surface area contributed by atoms with Crippen molar-refractivity contribution in [1.82, 2.24) is 4.31 Å². The van der Waals surface area contributed by atoms with Crippen LogP contribution in [0, 0.1) is 5.92 Å². The zero-order valence-corrected chi connectivity index (χ0v) is 14.1. The molecule has 9 heteroatoms.